The number of anilines is 1. The number of halogens is 1. The second-order valence-electron chi connectivity index (χ2n) is 4.75. The van der Waals surface area contributed by atoms with Crippen LogP contribution in [0.3, 0.4) is 0 Å². The lowest BCUT2D eigenvalue weighted by Crippen LogP contribution is -3.00. The van der Waals surface area contributed by atoms with Crippen molar-refractivity contribution in [2.45, 2.75) is 12.6 Å². The largest absolute Gasteiger partial charge is 1.00 e. The van der Waals surface area contributed by atoms with E-state index in [1.165, 1.54) is 0 Å². The minimum absolute atomic E-state index is 0. The zero-order chi connectivity index (χ0) is 14.8. The van der Waals surface area contributed by atoms with Crippen molar-refractivity contribution >= 4 is 15.7 Å². The van der Waals surface area contributed by atoms with Gasteiger partial charge in [0.15, 0.2) is 0 Å². The molecule has 0 aliphatic carbocycles. The van der Waals surface area contributed by atoms with E-state index in [1.54, 1.807) is 24.3 Å². The van der Waals surface area contributed by atoms with Crippen LogP contribution in [0.5, 0.6) is 0 Å². The first-order valence-electron chi connectivity index (χ1n) is 6.11. The second-order valence-corrected chi connectivity index (χ2v) is 6.50. The van der Waals surface area contributed by atoms with Gasteiger partial charge in [-0.3, -0.25) is 4.72 Å². The van der Waals surface area contributed by atoms with Crippen molar-refractivity contribution < 1.29 is 30.5 Å². The maximum absolute atomic E-state index is 11.3. The Morgan fingerprint density at radius 1 is 1.38 bits per heavy atom. The summed E-state index contributed by atoms with van der Waals surface area (Å²) in [6.45, 7) is 0.350. The van der Waals surface area contributed by atoms with Gasteiger partial charge in [0.2, 0.25) is 16.4 Å². The number of sulfonamides is 1. The van der Waals surface area contributed by atoms with Crippen molar-refractivity contribution in [1.29, 1.82) is 0 Å². The van der Waals surface area contributed by atoms with Gasteiger partial charge < -0.3 is 17.5 Å². The highest BCUT2D eigenvalue weighted by Gasteiger charge is 2.17. The van der Waals surface area contributed by atoms with Gasteiger partial charge in [-0.15, -0.1) is 0 Å². The van der Waals surface area contributed by atoms with Crippen molar-refractivity contribution in [3.63, 3.8) is 0 Å². The predicted octanol–water partition coefficient (Wildman–Crippen LogP) is -2.58. The van der Waals surface area contributed by atoms with Crippen LogP contribution in [0.25, 0.3) is 0 Å². The fraction of sp³-hybridized carbons (Fsp3) is 0.308. The Bertz CT molecular complexity index is 700. The standard InChI is InChI=1S/C13H18N3O3S.ClH/c1-15-7-8-16(10-15)9-13(17)11-5-3-4-6-12(11)14-20(2,18)19;/h3-8,10,13-14,17H,9H2,1-2H3;1H/q+1;/p-1. The van der Waals surface area contributed by atoms with Crippen LogP contribution in [0.2, 0.25) is 0 Å². The smallest absolute Gasteiger partial charge is 0.243 e. The van der Waals surface area contributed by atoms with E-state index >= 15 is 0 Å². The van der Waals surface area contributed by atoms with Gasteiger partial charge in [0.05, 0.1) is 19.0 Å². The number of hydrogen-bond donors (Lipinski definition) is 2. The second kappa shape index (κ2) is 6.93. The lowest BCUT2D eigenvalue weighted by atomic mass is 10.1. The summed E-state index contributed by atoms with van der Waals surface area (Å²) in [5.74, 6) is 0. The molecule has 0 bridgehead atoms. The Morgan fingerprint density at radius 3 is 2.62 bits per heavy atom. The number of nitrogens with zero attached hydrogens (tertiary/aromatic N) is 2. The molecule has 8 heteroatoms. The molecule has 1 aromatic carbocycles. The highest BCUT2D eigenvalue weighted by Crippen LogP contribution is 2.24. The fourth-order valence-electron chi connectivity index (χ4n) is 1.99. The van der Waals surface area contributed by atoms with Gasteiger partial charge in [0.1, 0.15) is 25.0 Å². The Labute approximate surface area is 130 Å². The first-order chi connectivity index (χ1) is 9.35. The average Bonchev–Trinajstić information content (AvgIpc) is 2.73. The third kappa shape index (κ3) is 5.04. The number of aliphatic hydroxyl groups is 1. The number of aryl methyl sites for hydroxylation is 1. The maximum Gasteiger partial charge on any atom is 0.243 e. The zero-order valence-corrected chi connectivity index (χ0v) is 13.3. The third-order valence-corrected chi connectivity index (χ3v) is 3.41. The van der Waals surface area contributed by atoms with E-state index in [9.17, 15) is 13.5 Å². The average molecular weight is 332 g/mol. The van der Waals surface area contributed by atoms with E-state index in [0.29, 0.717) is 17.8 Å². The predicted molar refractivity (Wildman–Crippen MR) is 75.5 cm³/mol. The number of hydrogen-bond acceptors (Lipinski definition) is 3. The van der Waals surface area contributed by atoms with Gasteiger partial charge in [-0.2, -0.15) is 0 Å². The highest BCUT2D eigenvalue weighted by molar-refractivity contribution is 7.92. The van der Waals surface area contributed by atoms with Gasteiger partial charge in [0.25, 0.3) is 0 Å². The minimum atomic E-state index is -3.37. The summed E-state index contributed by atoms with van der Waals surface area (Å²) in [7, 11) is -1.48. The summed E-state index contributed by atoms with van der Waals surface area (Å²) in [5.41, 5.74) is 0.952. The van der Waals surface area contributed by atoms with Crippen molar-refractivity contribution in [3.8, 4) is 0 Å². The quantitative estimate of drug-likeness (QED) is 0.591. The molecular weight excluding hydrogens is 314 g/mol. The van der Waals surface area contributed by atoms with Crippen LogP contribution in [0, 0.1) is 0 Å². The number of para-hydroxylation sites is 1. The monoisotopic (exact) mass is 331 g/mol. The number of aliphatic hydroxyl groups excluding tert-OH is 1. The van der Waals surface area contributed by atoms with Gasteiger partial charge >= 0.3 is 0 Å². The molecule has 1 aromatic heterocycles. The Kier molecular flexibility index (Phi) is 5.77. The molecule has 21 heavy (non-hydrogen) atoms. The maximum atomic E-state index is 11.3. The molecule has 0 radical (unpaired) electrons. The molecule has 0 saturated heterocycles. The van der Waals surface area contributed by atoms with Crippen LogP contribution < -0.4 is 21.7 Å². The molecule has 0 saturated carbocycles. The van der Waals surface area contributed by atoms with E-state index in [2.05, 4.69) is 4.72 Å². The molecule has 1 unspecified atom stereocenters. The lowest BCUT2D eigenvalue weighted by molar-refractivity contribution is -0.671. The summed E-state index contributed by atoms with van der Waals surface area (Å²) in [5, 5.41) is 10.3. The molecule has 0 fully saturated rings. The van der Waals surface area contributed by atoms with Gasteiger partial charge in [-0.05, 0) is 6.07 Å². The van der Waals surface area contributed by atoms with E-state index in [-0.39, 0.29) is 12.4 Å². The van der Waals surface area contributed by atoms with Crippen molar-refractivity contribution in [1.82, 2.24) is 4.57 Å². The number of nitrogens with one attached hydrogen (secondary N) is 1. The van der Waals surface area contributed by atoms with Crippen LogP contribution >= 0.6 is 0 Å². The SMILES string of the molecule is C[n+]1ccn(CC(O)c2ccccc2NS(C)(=O)=O)c1.[Cl-]. The molecule has 2 rings (SSSR count). The Balaban J connectivity index is 0.00000220. The van der Waals surface area contributed by atoms with Crippen LogP contribution in [0.15, 0.2) is 43.0 Å². The fourth-order valence-corrected chi connectivity index (χ4v) is 2.57. The number of aromatic nitrogens is 2. The molecule has 0 spiro atoms. The van der Waals surface area contributed by atoms with E-state index in [4.69, 9.17) is 0 Å². The highest BCUT2D eigenvalue weighted by atomic mass is 35.5. The van der Waals surface area contributed by atoms with Crippen molar-refractivity contribution in [2.75, 3.05) is 11.0 Å². The topological polar surface area (TPSA) is 75.2 Å². The molecule has 0 amide bonds. The van der Waals surface area contributed by atoms with E-state index < -0.39 is 16.1 Å². The molecule has 1 atom stereocenters. The number of imidazole rings is 1. The molecule has 6 nitrogen and oxygen atoms in total. The molecule has 116 valence electrons. The summed E-state index contributed by atoms with van der Waals surface area (Å²) in [6.07, 6.45) is 5.84. The van der Waals surface area contributed by atoms with Gasteiger partial charge in [-0.1, -0.05) is 18.2 Å². The van der Waals surface area contributed by atoms with Crippen LogP contribution in [-0.2, 0) is 23.6 Å². The van der Waals surface area contributed by atoms with Gasteiger partial charge in [-0.25, -0.2) is 17.6 Å². The summed E-state index contributed by atoms with van der Waals surface area (Å²) in [6, 6.07) is 6.83. The molecule has 1 heterocycles. The molecule has 0 aliphatic rings. The molecule has 2 N–H and O–H groups in total. The Morgan fingerprint density at radius 2 is 2.05 bits per heavy atom. The van der Waals surface area contributed by atoms with Crippen LogP contribution in [0.1, 0.15) is 11.7 Å². The molecular formula is C13H18ClN3O3S. The van der Waals surface area contributed by atoms with Crippen LogP contribution in [0.4, 0.5) is 5.69 Å². The van der Waals surface area contributed by atoms with E-state index in [0.717, 1.165) is 6.26 Å². The lowest BCUT2D eigenvalue weighted by Gasteiger charge is -2.14. The van der Waals surface area contributed by atoms with Crippen molar-refractivity contribution in [2.24, 2.45) is 7.05 Å². The Hall–Kier alpha value is -1.57. The summed E-state index contributed by atoms with van der Waals surface area (Å²) < 4.78 is 28.8. The van der Waals surface area contributed by atoms with Crippen LogP contribution in [-0.4, -0.2) is 24.3 Å². The third-order valence-electron chi connectivity index (χ3n) is 2.82. The number of benzene rings is 1. The first kappa shape index (κ1) is 17.5. The summed E-state index contributed by atoms with van der Waals surface area (Å²) in [4.78, 5) is 0. The normalized spacial score (nSPS) is 12.5. The van der Waals surface area contributed by atoms with E-state index in [1.807, 2.05) is 34.9 Å². The summed E-state index contributed by atoms with van der Waals surface area (Å²) >= 11 is 0. The molecule has 0 aliphatic heterocycles. The first-order valence-corrected chi connectivity index (χ1v) is 8.00. The van der Waals surface area contributed by atoms with Crippen molar-refractivity contribution in [3.05, 3.63) is 48.5 Å². The molecule has 2 aromatic rings. The van der Waals surface area contributed by atoms with Gasteiger partial charge in [0, 0.05) is 5.56 Å². The minimum Gasteiger partial charge on any atom is -1.00 e. The zero-order valence-electron chi connectivity index (χ0n) is 11.8. The number of rotatable bonds is 5.